The number of hydrogen-bond donors (Lipinski definition) is 2. The highest BCUT2D eigenvalue weighted by atomic mass is 14.9. The van der Waals surface area contributed by atoms with E-state index in [0.717, 1.165) is 34.4 Å². The Hall–Kier alpha value is -2.55. The van der Waals surface area contributed by atoms with E-state index in [1.165, 1.54) is 12.0 Å². The van der Waals surface area contributed by atoms with Gasteiger partial charge in [0.25, 0.3) is 0 Å². The molecule has 0 fully saturated rings. The van der Waals surface area contributed by atoms with Gasteiger partial charge in [0.15, 0.2) is 0 Å². The lowest BCUT2D eigenvalue weighted by atomic mass is 10.1. The number of nitrogen functional groups attached to an aromatic ring is 1. The molecule has 3 N–H and O–H groups in total. The van der Waals surface area contributed by atoms with Crippen LogP contribution in [0.2, 0.25) is 0 Å². The molecule has 0 radical (unpaired) electrons. The zero-order valence-electron chi connectivity index (χ0n) is 12.1. The number of nitrogens with zero attached hydrogens (tertiary/aromatic N) is 1. The monoisotopic (exact) mass is 277 g/mol. The lowest BCUT2D eigenvalue weighted by molar-refractivity contribution is 0.922. The number of aryl methyl sites for hydroxylation is 1. The van der Waals surface area contributed by atoms with Gasteiger partial charge in [-0.15, -0.1) is 0 Å². The predicted molar refractivity (Wildman–Crippen MR) is 89.9 cm³/mol. The molecule has 0 amide bonds. The molecule has 0 aliphatic heterocycles. The number of benzene rings is 2. The van der Waals surface area contributed by atoms with Crippen LogP contribution in [0.1, 0.15) is 18.9 Å². The number of nitrogens with two attached hydrogens (primary N) is 1. The largest absolute Gasteiger partial charge is 0.399 e. The molecule has 0 unspecified atom stereocenters. The number of aromatic nitrogens is 1. The van der Waals surface area contributed by atoms with Crippen LogP contribution in [0.5, 0.6) is 0 Å². The standard InChI is InChI=1S/C18H19N3/c1-2-3-13-4-7-15(8-5-13)21-17-10-11-20-18-12-14(19)6-9-16(17)18/h4-12H,2-3,19H2,1H3,(H,20,21). The maximum atomic E-state index is 5.81. The van der Waals surface area contributed by atoms with Gasteiger partial charge in [0.05, 0.1) is 5.52 Å². The van der Waals surface area contributed by atoms with Gasteiger partial charge in [0, 0.05) is 28.6 Å². The molecule has 2 aromatic carbocycles. The van der Waals surface area contributed by atoms with Gasteiger partial charge in [-0.05, 0) is 48.4 Å². The van der Waals surface area contributed by atoms with Gasteiger partial charge in [0.2, 0.25) is 0 Å². The molecular weight excluding hydrogens is 258 g/mol. The van der Waals surface area contributed by atoms with Crippen molar-refractivity contribution in [2.75, 3.05) is 11.1 Å². The minimum absolute atomic E-state index is 0.732. The van der Waals surface area contributed by atoms with Crippen molar-refractivity contribution in [1.82, 2.24) is 4.98 Å². The average Bonchev–Trinajstić information content (AvgIpc) is 2.49. The third-order valence-electron chi connectivity index (χ3n) is 3.54. The van der Waals surface area contributed by atoms with E-state index < -0.39 is 0 Å². The van der Waals surface area contributed by atoms with Gasteiger partial charge < -0.3 is 11.1 Å². The van der Waals surface area contributed by atoms with Crippen molar-refractivity contribution in [3.63, 3.8) is 0 Å². The lowest BCUT2D eigenvalue weighted by Crippen LogP contribution is -1.94. The Morgan fingerprint density at radius 1 is 1.05 bits per heavy atom. The summed E-state index contributed by atoms with van der Waals surface area (Å²) in [6.45, 7) is 2.20. The fourth-order valence-electron chi connectivity index (χ4n) is 2.47. The Morgan fingerprint density at radius 3 is 2.62 bits per heavy atom. The first-order valence-corrected chi connectivity index (χ1v) is 7.26. The zero-order valence-corrected chi connectivity index (χ0v) is 12.1. The van der Waals surface area contributed by atoms with Crippen molar-refractivity contribution in [1.29, 1.82) is 0 Å². The molecule has 0 saturated carbocycles. The molecule has 3 aromatic rings. The van der Waals surface area contributed by atoms with Gasteiger partial charge in [-0.2, -0.15) is 0 Å². The number of anilines is 3. The van der Waals surface area contributed by atoms with Crippen molar-refractivity contribution < 1.29 is 0 Å². The third kappa shape index (κ3) is 2.97. The molecule has 0 atom stereocenters. The summed E-state index contributed by atoms with van der Waals surface area (Å²) in [5, 5.41) is 4.53. The molecule has 3 heteroatoms. The molecule has 0 spiro atoms. The van der Waals surface area contributed by atoms with Crippen LogP contribution in [0.15, 0.2) is 54.7 Å². The number of hydrogen-bond acceptors (Lipinski definition) is 3. The SMILES string of the molecule is CCCc1ccc(Nc2ccnc3cc(N)ccc23)cc1. The molecule has 0 aliphatic rings. The fraction of sp³-hybridized carbons (Fsp3) is 0.167. The second-order valence-electron chi connectivity index (χ2n) is 5.21. The molecule has 1 aromatic heterocycles. The van der Waals surface area contributed by atoms with E-state index in [-0.39, 0.29) is 0 Å². The molecule has 0 aliphatic carbocycles. The highest BCUT2D eigenvalue weighted by Crippen LogP contribution is 2.26. The maximum absolute atomic E-state index is 5.81. The lowest BCUT2D eigenvalue weighted by Gasteiger charge is -2.10. The summed E-state index contributed by atoms with van der Waals surface area (Å²) in [4.78, 5) is 4.36. The highest BCUT2D eigenvalue weighted by Gasteiger charge is 2.03. The first-order chi connectivity index (χ1) is 10.3. The van der Waals surface area contributed by atoms with Crippen LogP contribution in [0.25, 0.3) is 10.9 Å². The summed E-state index contributed by atoms with van der Waals surface area (Å²) in [6, 6.07) is 16.4. The topological polar surface area (TPSA) is 50.9 Å². The third-order valence-corrected chi connectivity index (χ3v) is 3.54. The van der Waals surface area contributed by atoms with E-state index in [0.29, 0.717) is 0 Å². The smallest absolute Gasteiger partial charge is 0.0743 e. The van der Waals surface area contributed by atoms with Gasteiger partial charge in [0.1, 0.15) is 0 Å². The Balaban J connectivity index is 1.90. The first-order valence-electron chi connectivity index (χ1n) is 7.26. The van der Waals surface area contributed by atoms with Crippen LogP contribution in [-0.4, -0.2) is 4.98 Å². The van der Waals surface area contributed by atoms with Gasteiger partial charge in [-0.3, -0.25) is 4.98 Å². The Bertz CT molecular complexity index is 748. The second-order valence-corrected chi connectivity index (χ2v) is 5.21. The number of fused-ring (bicyclic) bond motifs is 1. The summed E-state index contributed by atoms with van der Waals surface area (Å²) >= 11 is 0. The Morgan fingerprint density at radius 2 is 1.86 bits per heavy atom. The molecule has 0 saturated heterocycles. The van der Waals surface area contributed by atoms with Crippen LogP contribution >= 0.6 is 0 Å². The Labute approximate surface area is 124 Å². The number of rotatable bonds is 4. The molecule has 21 heavy (non-hydrogen) atoms. The van der Waals surface area contributed by atoms with Crippen molar-refractivity contribution in [3.8, 4) is 0 Å². The van der Waals surface area contributed by atoms with Crippen LogP contribution in [0.3, 0.4) is 0 Å². The van der Waals surface area contributed by atoms with Crippen molar-refractivity contribution in [2.45, 2.75) is 19.8 Å². The van der Waals surface area contributed by atoms with E-state index in [1.807, 2.05) is 24.3 Å². The van der Waals surface area contributed by atoms with Gasteiger partial charge >= 0.3 is 0 Å². The maximum Gasteiger partial charge on any atom is 0.0743 e. The minimum Gasteiger partial charge on any atom is -0.399 e. The summed E-state index contributed by atoms with van der Waals surface area (Å²) in [7, 11) is 0. The fourth-order valence-corrected chi connectivity index (χ4v) is 2.47. The van der Waals surface area contributed by atoms with E-state index in [1.54, 1.807) is 6.20 Å². The van der Waals surface area contributed by atoms with Crippen LogP contribution in [0, 0.1) is 0 Å². The summed E-state index contributed by atoms with van der Waals surface area (Å²) < 4.78 is 0. The van der Waals surface area contributed by atoms with Crippen LogP contribution < -0.4 is 11.1 Å². The Kier molecular flexibility index (Phi) is 3.73. The zero-order chi connectivity index (χ0) is 14.7. The van der Waals surface area contributed by atoms with Crippen LogP contribution in [0.4, 0.5) is 17.1 Å². The van der Waals surface area contributed by atoms with Crippen molar-refractivity contribution in [2.24, 2.45) is 0 Å². The van der Waals surface area contributed by atoms with E-state index in [9.17, 15) is 0 Å². The quantitative estimate of drug-likeness (QED) is 0.690. The van der Waals surface area contributed by atoms with E-state index >= 15 is 0 Å². The van der Waals surface area contributed by atoms with E-state index in [4.69, 9.17) is 5.73 Å². The molecule has 106 valence electrons. The normalized spacial score (nSPS) is 10.7. The van der Waals surface area contributed by atoms with Gasteiger partial charge in [-0.1, -0.05) is 25.5 Å². The number of nitrogens with one attached hydrogen (secondary N) is 1. The molecular formula is C18H19N3. The molecule has 3 nitrogen and oxygen atoms in total. The second kappa shape index (κ2) is 5.83. The first kappa shape index (κ1) is 13.4. The number of pyridine rings is 1. The minimum atomic E-state index is 0.732. The molecule has 1 heterocycles. The average molecular weight is 277 g/mol. The molecule has 3 rings (SSSR count). The van der Waals surface area contributed by atoms with Crippen molar-refractivity contribution >= 4 is 28.0 Å². The summed E-state index contributed by atoms with van der Waals surface area (Å²) in [6.07, 6.45) is 4.09. The molecule has 0 bridgehead atoms. The van der Waals surface area contributed by atoms with Crippen LogP contribution in [-0.2, 0) is 6.42 Å². The van der Waals surface area contributed by atoms with E-state index in [2.05, 4.69) is 41.5 Å². The summed E-state index contributed by atoms with van der Waals surface area (Å²) in [5.74, 6) is 0. The van der Waals surface area contributed by atoms with Gasteiger partial charge in [-0.25, -0.2) is 0 Å². The predicted octanol–water partition coefficient (Wildman–Crippen LogP) is 4.51. The van der Waals surface area contributed by atoms with Crippen molar-refractivity contribution in [3.05, 3.63) is 60.3 Å². The highest BCUT2D eigenvalue weighted by molar-refractivity contribution is 5.94. The summed E-state index contributed by atoms with van der Waals surface area (Å²) in [5.41, 5.74) is 10.9.